The standard InChI is InChI=1S/C13H27N3O/c1-3-6-15-13(17)7-12(8-14)16-9-10(2)11-4-5-11/h10-12,16H,3-9,14H2,1-2H3,(H,15,17). The minimum Gasteiger partial charge on any atom is -0.356 e. The fourth-order valence-electron chi connectivity index (χ4n) is 1.98. The van der Waals surface area contributed by atoms with E-state index in [9.17, 15) is 4.79 Å². The Morgan fingerprint density at radius 2 is 2.18 bits per heavy atom. The molecule has 100 valence electrons. The van der Waals surface area contributed by atoms with Crippen LogP contribution in [0, 0.1) is 11.8 Å². The number of nitrogens with two attached hydrogens (primary N) is 1. The van der Waals surface area contributed by atoms with Gasteiger partial charge in [0, 0.05) is 25.6 Å². The highest BCUT2D eigenvalue weighted by Crippen LogP contribution is 2.36. The lowest BCUT2D eigenvalue weighted by Gasteiger charge is -2.19. The molecule has 1 rings (SSSR count). The molecule has 0 bridgehead atoms. The molecular weight excluding hydrogens is 214 g/mol. The Hall–Kier alpha value is -0.610. The first-order valence-corrected chi connectivity index (χ1v) is 6.87. The molecule has 0 heterocycles. The number of amides is 1. The summed E-state index contributed by atoms with van der Waals surface area (Å²) in [6.45, 7) is 6.59. The molecule has 0 aromatic rings. The topological polar surface area (TPSA) is 67.2 Å². The number of rotatable bonds is 9. The average Bonchev–Trinajstić information content (AvgIpc) is 3.15. The quantitative estimate of drug-likeness (QED) is 0.561. The third-order valence-corrected chi connectivity index (χ3v) is 3.44. The fourth-order valence-corrected chi connectivity index (χ4v) is 1.98. The Labute approximate surface area is 105 Å². The summed E-state index contributed by atoms with van der Waals surface area (Å²) in [6, 6.07) is 0.119. The largest absolute Gasteiger partial charge is 0.356 e. The molecule has 1 aliphatic carbocycles. The lowest BCUT2D eigenvalue weighted by Crippen LogP contribution is -2.42. The summed E-state index contributed by atoms with van der Waals surface area (Å²) < 4.78 is 0. The summed E-state index contributed by atoms with van der Waals surface area (Å²) >= 11 is 0. The fraction of sp³-hybridized carbons (Fsp3) is 0.923. The smallest absolute Gasteiger partial charge is 0.221 e. The van der Waals surface area contributed by atoms with E-state index in [1.54, 1.807) is 0 Å². The minimum atomic E-state index is 0.105. The number of carbonyl (C=O) groups excluding carboxylic acids is 1. The Morgan fingerprint density at radius 3 is 2.71 bits per heavy atom. The van der Waals surface area contributed by atoms with E-state index in [1.165, 1.54) is 12.8 Å². The van der Waals surface area contributed by atoms with E-state index in [4.69, 9.17) is 5.73 Å². The van der Waals surface area contributed by atoms with Crippen LogP contribution in [0.3, 0.4) is 0 Å². The zero-order valence-corrected chi connectivity index (χ0v) is 11.2. The molecule has 0 saturated heterocycles. The number of hydrogen-bond acceptors (Lipinski definition) is 3. The molecule has 0 spiro atoms. The molecule has 2 unspecified atom stereocenters. The van der Waals surface area contributed by atoms with Crippen molar-refractivity contribution in [3.05, 3.63) is 0 Å². The highest BCUT2D eigenvalue weighted by Gasteiger charge is 2.28. The lowest BCUT2D eigenvalue weighted by atomic mass is 10.1. The van der Waals surface area contributed by atoms with Gasteiger partial charge in [0.15, 0.2) is 0 Å². The summed E-state index contributed by atoms with van der Waals surface area (Å²) in [6.07, 6.45) is 4.21. The van der Waals surface area contributed by atoms with Crippen molar-refractivity contribution in [2.75, 3.05) is 19.6 Å². The minimum absolute atomic E-state index is 0.105. The second-order valence-corrected chi connectivity index (χ2v) is 5.21. The van der Waals surface area contributed by atoms with Gasteiger partial charge in [0.2, 0.25) is 5.91 Å². The van der Waals surface area contributed by atoms with Crippen molar-refractivity contribution in [3.63, 3.8) is 0 Å². The van der Waals surface area contributed by atoms with Crippen LogP contribution in [0.25, 0.3) is 0 Å². The Balaban J connectivity index is 2.15. The van der Waals surface area contributed by atoms with Gasteiger partial charge in [0.1, 0.15) is 0 Å². The van der Waals surface area contributed by atoms with Crippen molar-refractivity contribution in [2.45, 2.75) is 45.6 Å². The maximum Gasteiger partial charge on any atom is 0.221 e. The van der Waals surface area contributed by atoms with E-state index < -0.39 is 0 Å². The van der Waals surface area contributed by atoms with Crippen molar-refractivity contribution in [2.24, 2.45) is 17.6 Å². The highest BCUT2D eigenvalue weighted by molar-refractivity contribution is 5.76. The van der Waals surface area contributed by atoms with Gasteiger partial charge in [-0.2, -0.15) is 0 Å². The first-order chi connectivity index (χ1) is 8.17. The van der Waals surface area contributed by atoms with Gasteiger partial charge in [0.05, 0.1) is 0 Å². The van der Waals surface area contributed by atoms with Gasteiger partial charge < -0.3 is 16.4 Å². The van der Waals surface area contributed by atoms with E-state index >= 15 is 0 Å². The monoisotopic (exact) mass is 241 g/mol. The van der Waals surface area contributed by atoms with Crippen LogP contribution >= 0.6 is 0 Å². The normalized spacial score (nSPS) is 18.8. The number of hydrogen-bond donors (Lipinski definition) is 3. The molecule has 2 atom stereocenters. The van der Waals surface area contributed by atoms with E-state index in [0.717, 1.165) is 25.4 Å². The third kappa shape index (κ3) is 6.03. The SMILES string of the molecule is CCCNC(=O)CC(CN)NCC(C)C1CC1. The molecule has 0 aromatic heterocycles. The van der Waals surface area contributed by atoms with Gasteiger partial charge in [0.25, 0.3) is 0 Å². The molecule has 1 amide bonds. The molecule has 4 heteroatoms. The third-order valence-electron chi connectivity index (χ3n) is 3.44. The lowest BCUT2D eigenvalue weighted by molar-refractivity contribution is -0.121. The van der Waals surface area contributed by atoms with Gasteiger partial charge in [-0.15, -0.1) is 0 Å². The molecule has 1 fully saturated rings. The summed E-state index contributed by atoms with van der Waals surface area (Å²) in [4.78, 5) is 11.6. The van der Waals surface area contributed by atoms with Crippen molar-refractivity contribution in [1.29, 1.82) is 0 Å². The van der Waals surface area contributed by atoms with Crippen LogP contribution in [0.5, 0.6) is 0 Å². The molecule has 1 saturated carbocycles. The number of carbonyl (C=O) groups is 1. The summed E-state index contributed by atoms with van der Waals surface area (Å²) in [5.41, 5.74) is 5.69. The van der Waals surface area contributed by atoms with Crippen LogP contribution in [-0.4, -0.2) is 31.6 Å². The van der Waals surface area contributed by atoms with E-state index in [2.05, 4.69) is 24.5 Å². The first-order valence-electron chi connectivity index (χ1n) is 6.87. The van der Waals surface area contributed by atoms with Gasteiger partial charge in [-0.3, -0.25) is 4.79 Å². The predicted molar refractivity (Wildman–Crippen MR) is 70.7 cm³/mol. The predicted octanol–water partition coefficient (Wildman–Crippen LogP) is 0.866. The molecule has 0 aromatic carbocycles. The molecule has 1 aliphatic rings. The average molecular weight is 241 g/mol. The molecule has 17 heavy (non-hydrogen) atoms. The molecule has 0 radical (unpaired) electrons. The van der Waals surface area contributed by atoms with Gasteiger partial charge >= 0.3 is 0 Å². The second-order valence-electron chi connectivity index (χ2n) is 5.21. The van der Waals surface area contributed by atoms with Crippen LogP contribution in [0.2, 0.25) is 0 Å². The van der Waals surface area contributed by atoms with Crippen LogP contribution in [0.1, 0.15) is 39.5 Å². The van der Waals surface area contributed by atoms with Crippen LogP contribution in [0.15, 0.2) is 0 Å². The maximum atomic E-state index is 11.6. The molecule has 0 aliphatic heterocycles. The Morgan fingerprint density at radius 1 is 1.47 bits per heavy atom. The van der Waals surface area contributed by atoms with Gasteiger partial charge in [-0.1, -0.05) is 13.8 Å². The van der Waals surface area contributed by atoms with E-state index in [1.807, 2.05) is 0 Å². The van der Waals surface area contributed by atoms with Crippen LogP contribution < -0.4 is 16.4 Å². The summed E-state index contributed by atoms with van der Waals surface area (Å²) in [7, 11) is 0. The van der Waals surface area contributed by atoms with Crippen molar-refractivity contribution in [3.8, 4) is 0 Å². The maximum absolute atomic E-state index is 11.6. The zero-order valence-electron chi connectivity index (χ0n) is 11.2. The molecule has 4 nitrogen and oxygen atoms in total. The zero-order chi connectivity index (χ0) is 12.7. The highest BCUT2D eigenvalue weighted by atomic mass is 16.1. The van der Waals surface area contributed by atoms with Crippen molar-refractivity contribution in [1.82, 2.24) is 10.6 Å². The first kappa shape index (κ1) is 14.5. The van der Waals surface area contributed by atoms with Crippen LogP contribution in [0.4, 0.5) is 0 Å². The Kier molecular flexibility index (Phi) is 6.52. The van der Waals surface area contributed by atoms with Crippen molar-refractivity contribution < 1.29 is 4.79 Å². The molecule has 4 N–H and O–H groups in total. The van der Waals surface area contributed by atoms with Crippen LogP contribution in [-0.2, 0) is 4.79 Å². The van der Waals surface area contributed by atoms with Gasteiger partial charge in [-0.05, 0) is 37.6 Å². The van der Waals surface area contributed by atoms with E-state index in [-0.39, 0.29) is 11.9 Å². The second kappa shape index (κ2) is 7.67. The molecular formula is C13H27N3O. The number of nitrogens with one attached hydrogen (secondary N) is 2. The van der Waals surface area contributed by atoms with Gasteiger partial charge in [-0.25, -0.2) is 0 Å². The Bertz CT molecular complexity index is 229. The summed E-state index contributed by atoms with van der Waals surface area (Å²) in [5, 5.41) is 6.30. The van der Waals surface area contributed by atoms with E-state index in [0.29, 0.717) is 18.9 Å². The summed E-state index contributed by atoms with van der Waals surface area (Å²) in [5.74, 6) is 1.71. The van der Waals surface area contributed by atoms with Crippen molar-refractivity contribution >= 4 is 5.91 Å².